The molecule has 1 aliphatic heterocycles. The Morgan fingerprint density at radius 2 is 1.60 bits per heavy atom. The summed E-state index contributed by atoms with van der Waals surface area (Å²) in [6.45, 7) is 0.214. The molecule has 174 valence electrons. The first-order chi connectivity index (χ1) is 17.0. The number of nitrogens with zero attached hydrogens (tertiary/aromatic N) is 2. The predicted octanol–water partition coefficient (Wildman–Crippen LogP) is 5.53. The number of hydrogen-bond donors (Lipinski definition) is 1. The van der Waals surface area contributed by atoms with Crippen LogP contribution in [0.3, 0.4) is 0 Å². The van der Waals surface area contributed by atoms with Crippen LogP contribution in [0.2, 0.25) is 0 Å². The second-order valence-electron chi connectivity index (χ2n) is 8.30. The van der Waals surface area contributed by atoms with E-state index in [9.17, 15) is 19.7 Å². The van der Waals surface area contributed by atoms with Crippen molar-refractivity contribution in [3.63, 3.8) is 0 Å². The first kappa shape index (κ1) is 22.1. The van der Waals surface area contributed by atoms with Crippen LogP contribution in [-0.2, 0) is 9.59 Å². The van der Waals surface area contributed by atoms with E-state index in [0.717, 1.165) is 16.5 Å². The Labute approximate surface area is 200 Å². The van der Waals surface area contributed by atoms with Gasteiger partial charge in [0.15, 0.2) is 0 Å². The molecule has 0 saturated carbocycles. The van der Waals surface area contributed by atoms with Crippen LogP contribution in [-0.4, -0.2) is 23.3 Å². The van der Waals surface area contributed by atoms with E-state index in [-0.39, 0.29) is 30.5 Å². The minimum Gasteiger partial charge on any atom is -0.457 e. The fraction of sp³-hybridized carbons (Fsp3) is 0.111. The molecule has 1 saturated heterocycles. The molecule has 0 bridgehead atoms. The molecule has 35 heavy (non-hydrogen) atoms. The lowest BCUT2D eigenvalue weighted by Crippen LogP contribution is -2.28. The largest absolute Gasteiger partial charge is 0.457 e. The van der Waals surface area contributed by atoms with Crippen molar-refractivity contribution in [3.05, 3.63) is 101 Å². The summed E-state index contributed by atoms with van der Waals surface area (Å²) in [5.74, 6) is 0.380. The van der Waals surface area contributed by atoms with Crippen molar-refractivity contribution in [2.45, 2.75) is 6.42 Å². The highest BCUT2D eigenvalue weighted by atomic mass is 16.6. The Morgan fingerprint density at radius 1 is 0.914 bits per heavy atom. The first-order valence-corrected chi connectivity index (χ1v) is 11.1. The average Bonchev–Trinajstić information content (AvgIpc) is 3.27. The zero-order valence-corrected chi connectivity index (χ0v) is 18.6. The summed E-state index contributed by atoms with van der Waals surface area (Å²) < 4.78 is 5.94. The van der Waals surface area contributed by atoms with Crippen LogP contribution in [0.15, 0.2) is 91.0 Å². The zero-order chi connectivity index (χ0) is 24.4. The van der Waals surface area contributed by atoms with Gasteiger partial charge in [-0.2, -0.15) is 0 Å². The second kappa shape index (κ2) is 9.26. The van der Waals surface area contributed by atoms with Crippen LogP contribution in [0.5, 0.6) is 11.5 Å². The van der Waals surface area contributed by atoms with Gasteiger partial charge in [0.1, 0.15) is 11.5 Å². The summed E-state index contributed by atoms with van der Waals surface area (Å²) in [4.78, 5) is 37.0. The maximum absolute atomic E-state index is 12.8. The molecule has 0 aliphatic carbocycles. The highest BCUT2D eigenvalue weighted by Crippen LogP contribution is 2.29. The van der Waals surface area contributed by atoms with E-state index in [4.69, 9.17) is 4.74 Å². The van der Waals surface area contributed by atoms with Gasteiger partial charge in [-0.1, -0.05) is 30.3 Å². The molecule has 0 spiro atoms. The molecule has 4 aromatic rings. The summed E-state index contributed by atoms with van der Waals surface area (Å²) >= 11 is 0. The normalized spacial score (nSPS) is 15.3. The monoisotopic (exact) mass is 467 g/mol. The number of nitro benzene ring substituents is 1. The average molecular weight is 467 g/mol. The molecule has 1 atom stereocenters. The van der Waals surface area contributed by atoms with Crippen LogP contribution in [0.25, 0.3) is 10.8 Å². The third-order valence-electron chi connectivity index (χ3n) is 5.95. The minimum absolute atomic E-state index is 0.0530. The van der Waals surface area contributed by atoms with E-state index >= 15 is 0 Å². The molecule has 1 aliphatic rings. The highest BCUT2D eigenvalue weighted by molar-refractivity contribution is 6.03. The second-order valence-corrected chi connectivity index (χ2v) is 8.30. The smallest absolute Gasteiger partial charge is 0.269 e. The Hall–Kier alpha value is -4.72. The third-order valence-corrected chi connectivity index (χ3v) is 5.95. The Morgan fingerprint density at radius 3 is 2.31 bits per heavy atom. The SMILES string of the molecule is O=C(Nc1ccc(Oc2ccc3ccccc3c2)cc1)[C@H]1CC(=O)N(c2ccc([N+](=O)[O-])cc2)C1. The van der Waals surface area contributed by atoms with Crippen LogP contribution < -0.4 is 15.0 Å². The Kier molecular flexibility index (Phi) is 5.85. The lowest BCUT2D eigenvalue weighted by Gasteiger charge is -2.16. The van der Waals surface area contributed by atoms with E-state index in [0.29, 0.717) is 17.1 Å². The maximum Gasteiger partial charge on any atom is 0.269 e. The van der Waals surface area contributed by atoms with Crippen molar-refractivity contribution < 1.29 is 19.2 Å². The number of carbonyl (C=O) groups is 2. The van der Waals surface area contributed by atoms with Gasteiger partial charge in [-0.3, -0.25) is 19.7 Å². The molecule has 8 nitrogen and oxygen atoms in total. The standard InChI is InChI=1S/C27H21N3O5/c31-26-16-20(17-29(26)22-8-10-23(11-9-22)30(33)34)27(32)28-21-6-13-24(14-7-21)35-25-12-5-18-3-1-2-4-19(18)15-25/h1-15,20H,16-17H2,(H,28,32)/t20-/m0/s1. The molecule has 0 radical (unpaired) electrons. The van der Waals surface area contributed by atoms with Crippen molar-refractivity contribution in [1.29, 1.82) is 0 Å². The van der Waals surface area contributed by atoms with E-state index in [2.05, 4.69) is 5.32 Å². The molecule has 5 rings (SSSR count). The van der Waals surface area contributed by atoms with Crippen LogP contribution in [0.4, 0.5) is 17.1 Å². The number of carbonyl (C=O) groups excluding carboxylic acids is 2. The molecule has 1 fully saturated rings. The fourth-order valence-corrected chi connectivity index (χ4v) is 4.10. The summed E-state index contributed by atoms with van der Waals surface area (Å²) in [5.41, 5.74) is 1.08. The number of fused-ring (bicyclic) bond motifs is 1. The van der Waals surface area contributed by atoms with Gasteiger partial charge in [0, 0.05) is 36.5 Å². The third kappa shape index (κ3) is 4.81. The van der Waals surface area contributed by atoms with Crippen molar-refractivity contribution >= 4 is 39.6 Å². The molecular formula is C27H21N3O5. The molecule has 2 amide bonds. The number of nitro groups is 1. The molecular weight excluding hydrogens is 446 g/mol. The topological polar surface area (TPSA) is 102 Å². The number of ether oxygens (including phenoxy) is 1. The van der Waals surface area contributed by atoms with Gasteiger partial charge < -0.3 is 15.0 Å². The van der Waals surface area contributed by atoms with E-state index in [1.54, 1.807) is 24.3 Å². The zero-order valence-electron chi connectivity index (χ0n) is 18.6. The lowest BCUT2D eigenvalue weighted by atomic mass is 10.1. The molecule has 4 aromatic carbocycles. The highest BCUT2D eigenvalue weighted by Gasteiger charge is 2.35. The number of non-ortho nitro benzene ring substituents is 1. The van der Waals surface area contributed by atoms with Crippen molar-refractivity contribution in [2.24, 2.45) is 5.92 Å². The summed E-state index contributed by atoms with van der Waals surface area (Å²) in [6.07, 6.45) is 0.0754. The van der Waals surface area contributed by atoms with Crippen molar-refractivity contribution in [1.82, 2.24) is 0 Å². The molecule has 1 N–H and O–H groups in total. The summed E-state index contributed by atoms with van der Waals surface area (Å²) in [5, 5.41) is 15.9. The van der Waals surface area contributed by atoms with Crippen LogP contribution in [0.1, 0.15) is 6.42 Å². The quantitative estimate of drug-likeness (QED) is 0.297. The number of amides is 2. The van der Waals surface area contributed by atoms with Gasteiger partial charge >= 0.3 is 0 Å². The van der Waals surface area contributed by atoms with Gasteiger partial charge in [0.05, 0.1) is 10.8 Å². The number of benzene rings is 4. The lowest BCUT2D eigenvalue weighted by molar-refractivity contribution is -0.384. The van der Waals surface area contributed by atoms with Gasteiger partial charge in [0.2, 0.25) is 11.8 Å². The molecule has 0 unspecified atom stereocenters. The maximum atomic E-state index is 12.8. The number of hydrogen-bond acceptors (Lipinski definition) is 5. The van der Waals surface area contributed by atoms with Crippen LogP contribution >= 0.6 is 0 Å². The summed E-state index contributed by atoms with van der Waals surface area (Å²) in [6, 6.07) is 26.7. The van der Waals surface area contributed by atoms with Gasteiger partial charge in [-0.15, -0.1) is 0 Å². The van der Waals surface area contributed by atoms with Crippen molar-refractivity contribution in [3.8, 4) is 11.5 Å². The van der Waals surface area contributed by atoms with Gasteiger partial charge in [-0.25, -0.2) is 0 Å². The molecule has 0 aromatic heterocycles. The minimum atomic E-state index is -0.522. The van der Waals surface area contributed by atoms with Gasteiger partial charge in [0.25, 0.3) is 5.69 Å². The summed E-state index contributed by atoms with van der Waals surface area (Å²) in [7, 11) is 0. The fourth-order valence-electron chi connectivity index (χ4n) is 4.10. The first-order valence-electron chi connectivity index (χ1n) is 11.1. The van der Waals surface area contributed by atoms with Crippen LogP contribution in [0, 0.1) is 16.0 Å². The molecule has 1 heterocycles. The van der Waals surface area contributed by atoms with E-state index in [1.807, 2.05) is 42.5 Å². The van der Waals surface area contributed by atoms with E-state index in [1.165, 1.54) is 29.2 Å². The number of anilines is 2. The van der Waals surface area contributed by atoms with Gasteiger partial charge in [-0.05, 0) is 59.3 Å². The Balaban J connectivity index is 1.20. The van der Waals surface area contributed by atoms with E-state index < -0.39 is 10.8 Å². The molecule has 8 heteroatoms. The van der Waals surface area contributed by atoms with Crippen molar-refractivity contribution in [2.75, 3.05) is 16.8 Å². The Bertz CT molecular complexity index is 1420. The number of nitrogens with one attached hydrogen (secondary N) is 1. The number of rotatable bonds is 6. The predicted molar refractivity (Wildman–Crippen MR) is 133 cm³/mol.